The van der Waals surface area contributed by atoms with Crippen LogP contribution in [0, 0.1) is 16.0 Å². The molecule has 1 aromatic heterocycles. The number of hydrogen-bond acceptors (Lipinski definition) is 5. The number of nitrogens with zero attached hydrogens (tertiary/aromatic N) is 4. The van der Waals surface area contributed by atoms with Crippen molar-refractivity contribution in [3.05, 3.63) is 16.4 Å². The molecule has 2 unspecified atom stereocenters. The van der Waals surface area contributed by atoms with Gasteiger partial charge < -0.3 is 20.3 Å². The fraction of sp³-hybridized carbons (Fsp3) is 0.727. The number of piperidine rings is 1. The molecule has 2 rings (SSSR count). The Morgan fingerprint density at radius 2 is 2.28 bits per heavy atom. The van der Waals surface area contributed by atoms with Crippen LogP contribution in [0.2, 0.25) is 0 Å². The largest absolute Gasteiger partial charge is 0.406 e. The Hall–Kier alpha value is -1.63. The summed E-state index contributed by atoms with van der Waals surface area (Å²) in [5.74, 6) is 0.864. The molecule has 0 saturated carbocycles. The molecule has 1 saturated heterocycles. The van der Waals surface area contributed by atoms with E-state index >= 15 is 0 Å². The fourth-order valence-corrected chi connectivity index (χ4v) is 2.46. The highest BCUT2D eigenvalue weighted by Gasteiger charge is 2.28. The Morgan fingerprint density at radius 1 is 1.56 bits per heavy atom. The summed E-state index contributed by atoms with van der Waals surface area (Å²) in [5.41, 5.74) is 0. The van der Waals surface area contributed by atoms with Crippen molar-refractivity contribution in [1.82, 2.24) is 14.5 Å². The number of anilines is 1. The zero-order valence-electron chi connectivity index (χ0n) is 11.0. The number of aromatic nitrogens is 2. The van der Waals surface area contributed by atoms with Crippen molar-refractivity contribution in [2.75, 3.05) is 25.5 Å². The van der Waals surface area contributed by atoms with Crippen LogP contribution in [0.25, 0.3) is 0 Å². The first-order valence-corrected chi connectivity index (χ1v) is 6.10. The molecule has 1 aromatic rings. The molecule has 7 heteroatoms. The molecule has 18 heavy (non-hydrogen) atoms. The molecule has 1 aliphatic heterocycles. The van der Waals surface area contributed by atoms with Crippen LogP contribution in [0.3, 0.4) is 0 Å². The average Bonchev–Trinajstić information content (AvgIpc) is 2.64. The van der Waals surface area contributed by atoms with Crippen molar-refractivity contribution in [2.24, 2.45) is 13.0 Å². The summed E-state index contributed by atoms with van der Waals surface area (Å²) in [5, 5.41) is 14.2. The zero-order valence-corrected chi connectivity index (χ0v) is 11.0. The maximum Gasteiger partial charge on any atom is 0.406 e. The van der Waals surface area contributed by atoms with Crippen molar-refractivity contribution < 1.29 is 4.92 Å². The summed E-state index contributed by atoms with van der Waals surface area (Å²) in [6, 6.07) is 0.260. The van der Waals surface area contributed by atoms with E-state index in [1.54, 1.807) is 11.6 Å². The van der Waals surface area contributed by atoms with Crippen molar-refractivity contribution in [3.8, 4) is 0 Å². The highest BCUT2D eigenvalue weighted by molar-refractivity contribution is 5.52. The summed E-state index contributed by atoms with van der Waals surface area (Å²) in [6.07, 6.45) is 2.46. The second-order valence-corrected chi connectivity index (χ2v) is 5.06. The minimum Gasteiger partial charge on any atom is -0.361 e. The van der Waals surface area contributed by atoms with Crippen LogP contribution in [0.5, 0.6) is 0 Å². The molecule has 100 valence electrons. The molecular formula is C11H19N5O2. The minimum atomic E-state index is -0.443. The molecular weight excluding hydrogens is 234 g/mol. The number of nitro groups is 1. The third kappa shape index (κ3) is 2.45. The van der Waals surface area contributed by atoms with Gasteiger partial charge in [-0.2, -0.15) is 0 Å². The summed E-state index contributed by atoms with van der Waals surface area (Å²) < 4.78 is 1.67. The molecule has 0 amide bonds. The van der Waals surface area contributed by atoms with Gasteiger partial charge in [-0.15, -0.1) is 0 Å². The first-order valence-electron chi connectivity index (χ1n) is 6.10. The lowest BCUT2D eigenvalue weighted by atomic mass is 9.94. The SMILES string of the molecule is CC1CN(C)CCC1Nc1c([N+](=O)[O-])ncn1C. The monoisotopic (exact) mass is 253 g/mol. The van der Waals surface area contributed by atoms with Gasteiger partial charge in [0.1, 0.15) is 0 Å². The van der Waals surface area contributed by atoms with Crippen molar-refractivity contribution in [1.29, 1.82) is 0 Å². The predicted molar refractivity (Wildman–Crippen MR) is 68.6 cm³/mol. The average molecular weight is 253 g/mol. The summed E-state index contributed by atoms with van der Waals surface area (Å²) >= 11 is 0. The maximum atomic E-state index is 10.9. The number of rotatable bonds is 3. The number of imidazole rings is 1. The molecule has 0 aliphatic carbocycles. The number of aryl methyl sites for hydroxylation is 1. The van der Waals surface area contributed by atoms with Crippen LogP contribution >= 0.6 is 0 Å². The van der Waals surface area contributed by atoms with Crippen LogP contribution in [-0.2, 0) is 7.05 Å². The molecule has 0 spiro atoms. The number of likely N-dealkylation sites (tertiary alicyclic amines) is 1. The van der Waals surface area contributed by atoms with Crippen LogP contribution in [0.1, 0.15) is 13.3 Å². The lowest BCUT2D eigenvalue weighted by Gasteiger charge is -2.35. The molecule has 0 radical (unpaired) electrons. The van der Waals surface area contributed by atoms with Gasteiger partial charge in [-0.1, -0.05) is 6.92 Å². The molecule has 1 N–H and O–H groups in total. The van der Waals surface area contributed by atoms with Gasteiger partial charge in [0.2, 0.25) is 12.1 Å². The van der Waals surface area contributed by atoms with Crippen molar-refractivity contribution in [2.45, 2.75) is 19.4 Å². The lowest BCUT2D eigenvalue weighted by molar-refractivity contribution is -0.388. The molecule has 0 bridgehead atoms. The number of nitrogens with one attached hydrogen (secondary N) is 1. The van der Waals surface area contributed by atoms with Gasteiger partial charge in [0.25, 0.3) is 0 Å². The van der Waals surface area contributed by atoms with Crippen LogP contribution in [0.4, 0.5) is 11.6 Å². The molecule has 1 fully saturated rings. The van der Waals surface area contributed by atoms with Gasteiger partial charge >= 0.3 is 5.82 Å². The first kappa shape index (κ1) is 12.8. The van der Waals surface area contributed by atoms with Gasteiger partial charge in [0, 0.05) is 19.6 Å². The second kappa shape index (κ2) is 4.93. The topological polar surface area (TPSA) is 76.2 Å². The third-order valence-corrected chi connectivity index (χ3v) is 3.52. The lowest BCUT2D eigenvalue weighted by Crippen LogP contribution is -2.43. The second-order valence-electron chi connectivity index (χ2n) is 5.06. The van der Waals surface area contributed by atoms with E-state index in [1.165, 1.54) is 6.33 Å². The standard InChI is InChI=1S/C11H19N5O2/c1-8-6-14(2)5-4-9(8)13-11-10(16(17)18)12-7-15(11)3/h7-9,13H,4-6H2,1-3H3. The Kier molecular flexibility index (Phi) is 3.51. The van der Waals surface area contributed by atoms with E-state index in [0.717, 1.165) is 19.5 Å². The molecule has 7 nitrogen and oxygen atoms in total. The Labute approximate surface area is 106 Å². The summed E-state index contributed by atoms with van der Waals surface area (Å²) in [6.45, 7) is 4.17. The van der Waals surface area contributed by atoms with Crippen molar-refractivity contribution in [3.63, 3.8) is 0 Å². The normalized spacial score (nSPS) is 25.1. The van der Waals surface area contributed by atoms with E-state index in [1.807, 2.05) is 0 Å². The van der Waals surface area contributed by atoms with Crippen LogP contribution < -0.4 is 5.32 Å². The van der Waals surface area contributed by atoms with Gasteiger partial charge in [0.15, 0.2) is 0 Å². The van der Waals surface area contributed by atoms with Crippen LogP contribution in [0.15, 0.2) is 6.33 Å². The smallest absolute Gasteiger partial charge is 0.361 e. The van der Waals surface area contributed by atoms with E-state index in [9.17, 15) is 10.1 Å². The van der Waals surface area contributed by atoms with Gasteiger partial charge in [-0.25, -0.2) is 0 Å². The van der Waals surface area contributed by atoms with Crippen LogP contribution in [-0.4, -0.2) is 45.6 Å². The fourth-order valence-electron chi connectivity index (χ4n) is 2.46. The molecule has 1 aliphatic rings. The molecule has 2 atom stereocenters. The molecule has 2 heterocycles. The Bertz CT molecular complexity index is 445. The predicted octanol–water partition coefficient (Wildman–Crippen LogP) is 1.08. The molecule has 0 aromatic carbocycles. The minimum absolute atomic E-state index is 0.0939. The van der Waals surface area contributed by atoms with E-state index in [2.05, 4.69) is 29.2 Å². The maximum absolute atomic E-state index is 10.9. The Morgan fingerprint density at radius 3 is 2.89 bits per heavy atom. The number of hydrogen-bond donors (Lipinski definition) is 1. The van der Waals surface area contributed by atoms with E-state index < -0.39 is 4.92 Å². The van der Waals surface area contributed by atoms with Gasteiger partial charge in [-0.05, 0) is 35.8 Å². The van der Waals surface area contributed by atoms with Gasteiger partial charge in [-0.3, -0.25) is 4.57 Å². The van der Waals surface area contributed by atoms with Gasteiger partial charge in [0.05, 0.1) is 0 Å². The Balaban J connectivity index is 2.14. The highest BCUT2D eigenvalue weighted by atomic mass is 16.6. The summed E-state index contributed by atoms with van der Waals surface area (Å²) in [7, 11) is 3.86. The van der Waals surface area contributed by atoms with Crippen molar-refractivity contribution >= 4 is 11.6 Å². The third-order valence-electron chi connectivity index (χ3n) is 3.52. The quantitative estimate of drug-likeness (QED) is 0.644. The van der Waals surface area contributed by atoms with E-state index in [4.69, 9.17) is 0 Å². The first-order chi connectivity index (χ1) is 8.49. The van der Waals surface area contributed by atoms with E-state index in [0.29, 0.717) is 11.7 Å². The highest BCUT2D eigenvalue weighted by Crippen LogP contribution is 2.26. The van der Waals surface area contributed by atoms with E-state index in [-0.39, 0.29) is 11.9 Å². The summed E-state index contributed by atoms with van der Waals surface area (Å²) in [4.78, 5) is 16.5. The zero-order chi connectivity index (χ0) is 13.3.